The smallest absolute Gasteiger partial charge is 0.319 e. The van der Waals surface area contributed by atoms with Crippen LogP contribution in [0.3, 0.4) is 0 Å². The molecule has 0 aliphatic carbocycles. The Balaban J connectivity index is 1.32. The molecular formula is C24H32N4O2S. The lowest BCUT2D eigenvalue weighted by atomic mass is 10.1. The van der Waals surface area contributed by atoms with Gasteiger partial charge in [0.2, 0.25) is 5.91 Å². The molecule has 0 unspecified atom stereocenters. The zero-order valence-corrected chi connectivity index (χ0v) is 19.0. The molecule has 0 aromatic heterocycles. The van der Waals surface area contributed by atoms with Crippen molar-refractivity contribution in [3.8, 4) is 0 Å². The molecule has 3 rings (SSSR count). The number of amides is 3. The highest BCUT2D eigenvalue weighted by molar-refractivity contribution is 7.99. The molecule has 7 heteroatoms. The minimum Gasteiger partial charge on any atom is -0.341 e. The number of nitrogens with one attached hydrogen (secondary N) is 2. The van der Waals surface area contributed by atoms with E-state index in [2.05, 4.69) is 34.7 Å². The van der Waals surface area contributed by atoms with Crippen LogP contribution in [0.2, 0.25) is 0 Å². The maximum atomic E-state index is 12.4. The molecular weight excluding hydrogens is 408 g/mol. The number of carbonyl (C=O) groups is 2. The first-order valence-corrected chi connectivity index (χ1v) is 12.0. The van der Waals surface area contributed by atoms with E-state index in [1.54, 1.807) is 0 Å². The van der Waals surface area contributed by atoms with Gasteiger partial charge in [-0.2, -0.15) is 11.8 Å². The predicted molar refractivity (Wildman–Crippen MR) is 128 cm³/mol. The Labute approximate surface area is 189 Å². The highest BCUT2D eigenvalue weighted by Crippen LogP contribution is 2.14. The van der Waals surface area contributed by atoms with Crippen LogP contribution in [0.25, 0.3) is 0 Å². The molecule has 2 aromatic carbocycles. The Hall–Kier alpha value is -2.51. The van der Waals surface area contributed by atoms with Crippen LogP contribution >= 0.6 is 11.8 Å². The number of rotatable bonds is 9. The van der Waals surface area contributed by atoms with E-state index < -0.39 is 0 Å². The van der Waals surface area contributed by atoms with Gasteiger partial charge in [-0.05, 0) is 43.3 Å². The average Bonchev–Trinajstić information content (AvgIpc) is 2.79. The summed E-state index contributed by atoms with van der Waals surface area (Å²) in [6.07, 6.45) is 1.29. The van der Waals surface area contributed by atoms with Gasteiger partial charge in [-0.25, -0.2) is 4.79 Å². The summed E-state index contributed by atoms with van der Waals surface area (Å²) in [5, 5.41) is 5.75. The standard InChI is InChI=1S/C24H32N4O2S/c1-27(19-21-6-3-2-4-7-21)13-5-12-25-24(30)26-22-10-8-20(9-11-22)18-23(29)28-14-16-31-17-15-28/h2-4,6-11H,5,12-19H2,1H3,(H2,25,26,30). The van der Waals surface area contributed by atoms with Gasteiger partial charge in [-0.3, -0.25) is 4.79 Å². The molecule has 0 spiro atoms. The van der Waals surface area contributed by atoms with Crippen LogP contribution < -0.4 is 10.6 Å². The number of anilines is 1. The molecule has 2 N–H and O–H groups in total. The first-order chi connectivity index (χ1) is 15.1. The summed E-state index contributed by atoms with van der Waals surface area (Å²) < 4.78 is 0. The SMILES string of the molecule is CN(CCCNC(=O)Nc1ccc(CC(=O)N2CCSCC2)cc1)Cc1ccccc1. The topological polar surface area (TPSA) is 64.7 Å². The molecule has 6 nitrogen and oxygen atoms in total. The van der Waals surface area contributed by atoms with Crippen molar-refractivity contribution in [2.75, 3.05) is 50.0 Å². The summed E-state index contributed by atoms with van der Waals surface area (Å²) >= 11 is 1.90. The second-order valence-electron chi connectivity index (χ2n) is 7.82. The Morgan fingerprint density at radius 3 is 2.42 bits per heavy atom. The van der Waals surface area contributed by atoms with E-state index in [-0.39, 0.29) is 11.9 Å². The molecule has 1 aliphatic heterocycles. The monoisotopic (exact) mass is 440 g/mol. The highest BCUT2D eigenvalue weighted by Gasteiger charge is 2.16. The Morgan fingerprint density at radius 1 is 1.00 bits per heavy atom. The van der Waals surface area contributed by atoms with Crippen molar-refractivity contribution in [1.82, 2.24) is 15.1 Å². The normalized spacial score (nSPS) is 13.8. The molecule has 1 heterocycles. The predicted octanol–water partition coefficient (Wildman–Crippen LogP) is 3.45. The van der Waals surface area contributed by atoms with Crippen molar-refractivity contribution >= 4 is 29.4 Å². The Morgan fingerprint density at radius 2 is 1.71 bits per heavy atom. The summed E-state index contributed by atoms with van der Waals surface area (Å²) in [5.41, 5.74) is 2.98. The largest absolute Gasteiger partial charge is 0.341 e. The average molecular weight is 441 g/mol. The van der Waals surface area contributed by atoms with E-state index in [9.17, 15) is 9.59 Å². The fourth-order valence-corrected chi connectivity index (χ4v) is 4.41. The third-order valence-corrected chi connectivity index (χ3v) is 6.17. The van der Waals surface area contributed by atoms with Crippen molar-refractivity contribution < 1.29 is 9.59 Å². The number of urea groups is 1. The van der Waals surface area contributed by atoms with Gasteiger partial charge in [0.05, 0.1) is 6.42 Å². The zero-order valence-electron chi connectivity index (χ0n) is 18.2. The van der Waals surface area contributed by atoms with Crippen LogP contribution in [0.1, 0.15) is 17.5 Å². The van der Waals surface area contributed by atoms with E-state index in [0.717, 1.165) is 55.4 Å². The minimum atomic E-state index is -0.208. The number of carbonyl (C=O) groups excluding carboxylic acids is 2. The molecule has 0 bridgehead atoms. The van der Waals surface area contributed by atoms with Gasteiger partial charge < -0.3 is 20.4 Å². The highest BCUT2D eigenvalue weighted by atomic mass is 32.2. The fourth-order valence-electron chi connectivity index (χ4n) is 3.51. The summed E-state index contributed by atoms with van der Waals surface area (Å²) in [7, 11) is 2.09. The van der Waals surface area contributed by atoms with Gasteiger partial charge in [-0.1, -0.05) is 42.5 Å². The van der Waals surface area contributed by atoms with E-state index in [0.29, 0.717) is 13.0 Å². The van der Waals surface area contributed by atoms with Crippen LogP contribution in [0.15, 0.2) is 54.6 Å². The summed E-state index contributed by atoms with van der Waals surface area (Å²) in [4.78, 5) is 28.7. The van der Waals surface area contributed by atoms with Gasteiger partial charge >= 0.3 is 6.03 Å². The summed E-state index contributed by atoms with van der Waals surface area (Å²) in [5.74, 6) is 2.22. The van der Waals surface area contributed by atoms with Crippen LogP contribution in [-0.2, 0) is 17.8 Å². The second kappa shape index (κ2) is 12.4. The van der Waals surface area contributed by atoms with Crippen molar-refractivity contribution in [3.63, 3.8) is 0 Å². The molecule has 1 aliphatic rings. The van der Waals surface area contributed by atoms with Crippen molar-refractivity contribution in [2.24, 2.45) is 0 Å². The lowest BCUT2D eigenvalue weighted by molar-refractivity contribution is -0.130. The molecule has 0 radical (unpaired) electrons. The van der Waals surface area contributed by atoms with Gasteiger partial charge in [0.15, 0.2) is 0 Å². The Bertz CT molecular complexity index is 823. The molecule has 3 amide bonds. The maximum Gasteiger partial charge on any atom is 0.319 e. The quantitative estimate of drug-likeness (QED) is 0.586. The lowest BCUT2D eigenvalue weighted by Crippen LogP contribution is -2.38. The number of hydrogen-bond acceptors (Lipinski definition) is 4. The van der Waals surface area contributed by atoms with E-state index in [4.69, 9.17) is 0 Å². The third kappa shape index (κ3) is 8.26. The molecule has 0 saturated carbocycles. The van der Waals surface area contributed by atoms with Crippen LogP contribution in [0, 0.1) is 0 Å². The fraction of sp³-hybridized carbons (Fsp3) is 0.417. The lowest BCUT2D eigenvalue weighted by Gasteiger charge is -2.26. The molecule has 1 fully saturated rings. The number of benzene rings is 2. The van der Waals surface area contributed by atoms with Crippen molar-refractivity contribution in [2.45, 2.75) is 19.4 Å². The van der Waals surface area contributed by atoms with E-state index in [1.807, 2.05) is 59.1 Å². The molecule has 0 atom stereocenters. The zero-order chi connectivity index (χ0) is 21.9. The van der Waals surface area contributed by atoms with Gasteiger partial charge in [0, 0.05) is 43.4 Å². The van der Waals surface area contributed by atoms with Gasteiger partial charge in [0.25, 0.3) is 0 Å². The molecule has 31 heavy (non-hydrogen) atoms. The summed E-state index contributed by atoms with van der Waals surface area (Å²) in [6.45, 7) is 4.11. The summed E-state index contributed by atoms with van der Waals surface area (Å²) in [6, 6.07) is 17.7. The second-order valence-corrected chi connectivity index (χ2v) is 9.05. The van der Waals surface area contributed by atoms with Crippen LogP contribution in [-0.4, -0.2) is 66.5 Å². The van der Waals surface area contributed by atoms with Crippen molar-refractivity contribution in [1.29, 1.82) is 0 Å². The van der Waals surface area contributed by atoms with E-state index in [1.165, 1.54) is 5.56 Å². The molecule has 166 valence electrons. The number of hydrogen-bond donors (Lipinski definition) is 2. The van der Waals surface area contributed by atoms with Gasteiger partial charge in [-0.15, -0.1) is 0 Å². The first-order valence-electron chi connectivity index (χ1n) is 10.8. The molecule has 2 aromatic rings. The maximum absolute atomic E-state index is 12.4. The number of thioether (sulfide) groups is 1. The Kier molecular flexibility index (Phi) is 9.24. The van der Waals surface area contributed by atoms with Gasteiger partial charge in [0.1, 0.15) is 0 Å². The number of nitrogens with zero attached hydrogens (tertiary/aromatic N) is 2. The first kappa shape index (κ1) is 23.2. The third-order valence-electron chi connectivity index (χ3n) is 5.23. The minimum absolute atomic E-state index is 0.177. The van der Waals surface area contributed by atoms with Crippen molar-refractivity contribution in [3.05, 3.63) is 65.7 Å². The van der Waals surface area contributed by atoms with Crippen LogP contribution in [0.4, 0.5) is 10.5 Å². The molecule has 1 saturated heterocycles. The van der Waals surface area contributed by atoms with Crippen LogP contribution in [0.5, 0.6) is 0 Å². The van der Waals surface area contributed by atoms with E-state index >= 15 is 0 Å².